The largest absolute Gasteiger partial charge is 0.384 e. The Labute approximate surface area is 119 Å². The summed E-state index contributed by atoms with van der Waals surface area (Å²) in [4.78, 5) is 0. The van der Waals surface area contributed by atoms with Gasteiger partial charge >= 0.3 is 0 Å². The zero-order valence-electron chi connectivity index (χ0n) is 10.8. The molecule has 2 heteroatoms. The molecule has 0 spiro atoms. The van der Waals surface area contributed by atoms with Crippen LogP contribution < -0.4 is 15.8 Å². The van der Waals surface area contributed by atoms with Gasteiger partial charge in [0.25, 0.3) is 0 Å². The van der Waals surface area contributed by atoms with Gasteiger partial charge in [0.15, 0.2) is 0 Å². The first-order chi connectivity index (χ1) is 8.93. The van der Waals surface area contributed by atoms with E-state index in [9.17, 15) is 0 Å². The zero-order valence-corrected chi connectivity index (χ0v) is 11.6. The van der Waals surface area contributed by atoms with Crippen molar-refractivity contribution in [1.29, 1.82) is 0 Å². The van der Waals surface area contributed by atoms with Gasteiger partial charge in [-0.2, -0.15) is 0 Å². The molecule has 19 heavy (non-hydrogen) atoms. The SMILES string of the molecule is C1=CC2CCC3NC=c4ccccc4=C3C2C=C1.Cl. The fourth-order valence-electron chi connectivity index (χ4n) is 3.63. The quantitative estimate of drug-likeness (QED) is 0.762. The van der Waals surface area contributed by atoms with Crippen LogP contribution in [0.15, 0.2) is 48.6 Å². The first-order valence-electron chi connectivity index (χ1n) is 6.84. The van der Waals surface area contributed by atoms with Crippen LogP contribution in [0.2, 0.25) is 0 Å². The molecule has 3 aliphatic rings. The van der Waals surface area contributed by atoms with Gasteiger partial charge in [0, 0.05) is 18.2 Å². The van der Waals surface area contributed by atoms with E-state index in [0.29, 0.717) is 17.9 Å². The van der Waals surface area contributed by atoms with Gasteiger partial charge in [0.05, 0.1) is 0 Å². The number of benzene rings is 1. The van der Waals surface area contributed by atoms with Gasteiger partial charge in [-0.1, -0.05) is 48.6 Å². The van der Waals surface area contributed by atoms with E-state index in [0.717, 1.165) is 0 Å². The molecule has 1 N–H and O–H groups in total. The molecule has 98 valence electrons. The minimum atomic E-state index is 0. The number of halogens is 1. The maximum absolute atomic E-state index is 3.59. The van der Waals surface area contributed by atoms with Crippen LogP contribution in [0.3, 0.4) is 0 Å². The second-order valence-electron chi connectivity index (χ2n) is 5.44. The normalized spacial score (nSPS) is 30.1. The third-order valence-corrected chi connectivity index (χ3v) is 4.48. The Morgan fingerprint density at radius 2 is 1.84 bits per heavy atom. The lowest BCUT2D eigenvalue weighted by Gasteiger charge is -2.39. The number of fused-ring (bicyclic) bond motifs is 4. The molecule has 2 aliphatic carbocycles. The smallest absolute Gasteiger partial charge is 0.0483 e. The maximum atomic E-state index is 3.59. The van der Waals surface area contributed by atoms with Gasteiger partial charge in [0.1, 0.15) is 0 Å². The second-order valence-corrected chi connectivity index (χ2v) is 5.44. The minimum Gasteiger partial charge on any atom is -0.384 e. The predicted octanol–water partition coefficient (Wildman–Crippen LogP) is 2.12. The van der Waals surface area contributed by atoms with Gasteiger partial charge in [-0.25, -0.2) is 0 Å². The van der Waals surface area contributed by atoms with E-state index in [-0.39, 0.29) is 12.4 Å². The molecule has 1 aromatic carbocycles. The fourth-order valence-corrected chi connectivity index (χ4v) is 3.63. The lowest BCUT2D eigenvalue weighted by molar-refractivity contribution is 0.409. The molecule has 0 saturated heterocycles. The van der Waals surface area contributed by atoms with Crippen molar-refractivity contribution in [2.75, 3.05) is 0 Å². The summed E-state index contributed by atoms with van der Waals surface area (Å²) in [5.74, 6) is 1.30. The maximum Gasteiger partial charge on any atom is 0.0483 e. The summed E-state index contributed by atoms with van der Waals surface area (Å²) in [5.41, 5.74) is 1.60. The molecule has 0 bridgehead atoms. The van der Waals surface area contributed by atoms with E-state index >= 15 is 0 Å². The second kappa shape index (κ2) is 4.90. The first kappa shape index (κ1) is 12.6. The zero-order chi connectivity index (χ0) is 11.9. The standard InChI is InChI=1S/C17H17N.ClH/c1-3-7-14-12(5-1)9-10-16-17(14)15-8-4-2-6-13(15)11-18-16;/h1-8,11-12,14,16,18H,9-10H2;1H. The number of rotatable bonds is 0. The Morgan fingerprint density at radius 3 is 2.79 bits per heavy atom. The monoisotopic (exact) mass is 271 g/mol. The van der Waals surface area contributed by atoms with E-state index < -0.39 is 0 Å². The van der Waals surface area contributed by atoms with Crippen molar-refractivity contribution in [1.82, 2.24) is 5.32 Å². The van der Waals surface area contributed by atoms with Crippen molar-refractivity contribution in [2.24, 2.45) is 11.8 Å². The number of nitrogens with one attached hydrogen (secondary N) is 1. The molecule has 1 aliphatic heterocycles. The fraction of sp³-hybridized carbons (Fsp3) is 0.294. The Kier molecular flexibility index (Phi) is 3.24. The van der Waals surface area contributed by atoms with E-state index in [4.69, 9.17) is 0 Å². The summed E-state index contributed by atoms with van der Waals surface area (Å²) in [7, 11) is 0. The minimum absolute atomic E-state index is 0. The van der Waals surface area contributed by atoms with Crippen LogP contribution in [-0.2, 0) is 0 Å². The van der Waals surface area contributed by atoms with Crippen molar-refractivity contribution in [3.63, 3.8) is 0 Å². The molecular formula is C17H18ClN. The highest BCUT2D eigenvalue weighted by Crippen LogP contribution is 2.38. The molecule has 3 atom stereocenters. The molecular weight excluding hydrogens is 254 g/mol. The molecule has 0 amide bonds. The third-order valence-electron chi connectivity index (χ3n) is 4.48. The average molecular weight is 272 g/mol. The Bertz CT molecular complexity index is 656. The summed E-state index contributed by atoms with van der Waals surface area (Å²) in [6, 6.07) is 9.31. The van der Waals surface area contributed by atoms with Crippen LogP contribution in [0.1, 0.15) is 12.8 Å². The van der Waals surface area contributed by atoms with Crippen molar-refractivity contribution in [3.8, 4) is 0 Å². The molecule has 1 heterocycles. The molecule has 1 nitrogen and oxygen atoms in total. The van der Waals surface area contributed by atoms with Crippen molar-refractivity contribution in [3.05, 3.63) is 59.0 Å². The topological polar surface area (TPSA) is 12.0 Å². The molecule has 1 saturated carbocycles. The molecule has 1 fully saturated rings. The van der Waals surface area contributed by atoms with E-state index in [1.165, 1.54) is 23.3 Å². The highest BCUT2D eigenvalue weighted by atomic mass is 35.5. The highest BCUT2D eigenvalue weighted by Gasteiger charge is 2.33. The molecule has 0 aromatic heterocycles. The molecule has 0 radical (unpaired) electrons. The average Bonchev–Trinajstić information content (AvgIpc) is 2.46. The molecule has 4 rings (SSSR count). The van der Waals surface area contributed by atoms with Gasteiger partial charge in [0.2, 0.25) is 0 Å². The van der Waals surface area contributed by atoms with Crippen LogP contribution in [-0.4, -0.2) is 6.04 Å². The number of allylic oxidation sites excluding steroid dienone is 4. The lowest BCUT2D eigenvalue weighted by atomic mass is 9.70. The predicted molar refractivity (Wildman–Crippen MR) is 82.2 cm³/mol. The number of hydrogen-bond donors (Lipinski definition) is 1. The highest BCUT2D eigenvalue weighted by molar-refractivity contribution is 5.85. The van der Waals surface area contributed by atoms with Gasteiger partial charge in [-0.15, -0.1) is 12.4 Å². The van der Waals surface area contributed by atoms with Gasteiger partial charge < -0.3 is 5.32 Å². The van der Waals surface area contributed by atoms with Crippen LogP contribution in [0.5, 0.6) is 0 Å². The van der Waals surface area contributed by atoms with E-state index in [1.54, 1.807) is 5.57 Å². The van der Waals surface area contributed by atoms with Gasteiger partial charge in [-0.3, -0.25) is 0 Å². The number of hydrogen-bond acceptors (Lipinski definition) is 1. The molecule has 3 unspecified atom stereocenters. The first-order valence-corrected chi connectivity index (χ1v) is 6.84. The van der Waals surface area contributed by atoms with Crippen LogP contribution in [0.4, 0.5) is 0 Å². The Balaban J connectivity index is 0.00000110. The summed E-state index contributed by atoms with van der Waals surface area (Å²) in [5, 5.41) is 6.38. The summed E-state index contributed by atoms with van der Waals surface area (Å²) < 4.78 is 0. The van der Waals surface area contributed by atoms with Crippen LogP contribution in [0, 0.1) is 11.8 Å². The van der Waals surface area contributed by atoms with Crippen molar-refractivity contribution >= 4 is 24.2 Å². The summed E-state index contributed by atoms with van der Waals surface area (Å²) >= 11 is 0. The summed E-state index contributed by atoms with van der Waals surface area (Å²) in [6.45, 7) is 0. The third kappa shape index (κ3) is 1.93. The van der Waals surface area contributed by atoms with E-state index in [2.05, 4.69) is 60.1 Å². The lowest BCUT2D eigenvalue weighted by Crippen LogP contribution is -2.47. The van der Waals surface area contributed by atoms with Crippen molar-refractivity contribution in [2.45, 2.75) is 18.9 Å². The van der Waals surface area contributed by atoms with Gasteiger partial charge in [-0.05, 0) is 34.8 Å². The van der Waals surface area contributed by atoms with Crippen molar-refractivity contribution < 1.29 is 0 Å². The van der Waals surface area contributed by atoms with Crippen LogP contribution in [0.25, 0.3) is 11.8 Å². The Morgan fingerprint density at radius 1 is 1.00 bits per heavy atom. The van der Waals surface area contributed by atoms with E-state index in [1.807, 2.05) is 0 Å². The van der Waals surface area contributed by atoms with Crippen LogP contribution >= 0.6 is 12.4 Å². The Hall–Kier alpha value is -1.47. The molecule has 1 aromatic rings. The summed E-state index contributed by atoms with van der Waals surface area (Å²) in [6.07, 6.45) is 13.9.